The Balaban J connectivity index is 2.16. The van der Waals surface area contributed by atoms with E-state index >= 15 is 0 Å². The number of hydrogen-bond acceptors (Lipinski definition) is 14. The second-order valence-electron chi connectivity index (χ2n) is 9.70. The number of benzene rings is 1. The molecule has 1 aromatic carbocycles. The van der Waals surface area contributed by atoms with E-state index in [2.05, 4.69) is 5.11 Å². The molecule has 5 atom stereocenters. The minimum absolute atomic E-state index is 0.355. The minimum Gasteiger partial charge on any atom is -0.469 e. The van der Waals surface area contributed by atoms with Crippen LogP contribution in [-0.4, -0.2) is 80.2 Å². The van der Waals surface area contributed by atoms with E-state index in [-0.39, 0.29) is 6.42 Å². The number of carbonyl (C=O) groups is 4. The van der Waals surface area contributed by atoms with Crippen LogP contribution in [-0.2, 0) is 58.8 Å². The maximum absolute atomic E-state index is 14.3. The predicted octanol–water partition coefficient (Wildman–Crippen LogP) is 4.14. The summed E-state index contributed by atoms with van der Waals surface area (Å²) in [6, 6.07) is 6.66. The topological polar surface area (TPSA) is 169 Å². The summed E-state index contributed by atoms with van der Waals surface area (Å²) in [4.78, 5) is 48.8. The lowest BCUT2D eigenvalue weighted by Crippen LogP contribution is -2.63. The maximum atomic E-state index is 14.3. The van der Waals surface area contributed by atoms with Gasteiger partial charge in [0.2, 0.25) is 12.4 Å². The van der Waals surface area contributed by atoms with E-state index in [0.29, 0.717) is 5.56 Å². The van der Waals surface area contributed by atoms with E-state index in [1.165, 1.54) is 11.8 Å². The van der Waals surface area contributed by atoms with Gasteiger partial charge in [0, 0.05) is 44.6 Å². The molecule has 246 valence electrons. The molecule has 2 aliphatic rings. The standard InChI is InChI=1S/C28H31F3N2O11S/c1-13(34)38-12-21-23(40-14(2)35)24(41-15(3)36)25(42-16(4)37)27(43-21)44-22-19(10-17-6-8-18(45-5)9-7-17)20(28(29,30)31)11-39-26(22)33-32/h6-9,21,23-25,27,32H,10-12H2,1-5H3/t21-,23-,24+,25-,27+/m1/s1. The highest BCUT2D eigenvalue weighted by atomic mass is 32.2. The molecule has 0 amide bonds. The van der Waals surface area contributed by atoms with Gasteiger partial charge in [-0.15, -0.1) is 16.9 Å². The van der Waals surface area contributed by atoms with Crippen LogP contribution >= 0.6 is 11.8 Å². The number of carbonyl (C=O) groups excluding carboxylic acids is 4. The number of alkyl halides is 3. The molecule has 2 aliphatic heterocycles. The fourth-order valence-corrected chi connectivity index (χ4v) is 4.96. The van der Waals surface area contributed by atoms with Gasteiger partial charge in [0.05, 0.1) is 5.57 Å². The summed E-state index contributed by atoms with van der Waals surface area (Å²) in [5, 5.41) is 3.21. The molecule has 0 radical (unpaired) electrons. The molecule has 1 fully saturated rings. The number of esters is 4. The van der Waals surface area contributed by atoms with E-state index in [0.717, 1.165) is 32.6 Å². The molecule has 1 aromatic rings. The Labute approximate surface area is 259 Å². The normalized spacial score (nSPS) is 23.4. The van der Waals surface area contributed by atoms with E-state index in [1.54, 1.807) is 24.3 Å². The van der Waals surface area contributed by atoms with E-state index < -0.39 is 96.8 Å². The van der Waals surface area contributed by atoms with Crippen LogP contribution < -0.4 is 0 Å². The summed E-state index contributed by atoms with van der Waals surface area (Å²) in [6.45, 7) is 2.54. The van der Waals surface area contributed by atoms with Gasteiger partial charge in [0.15, 0.2) is 18.0 Å². The minimum atomic E-state index is -4.90. The largest absolute Gasteiger partial charge is 0.469 e. The van der Waals surface area contributed by atoms with Crippen LogP contribution in [0.5, 0.6) is 0 Å². The molecule has 2 heterocycles. The molecular weight excluding hydrogens is 629 g/mol. The van der Waals surface area contributed by atoms with Gasteiger partial charge in [-0.05, 0) is 24.0 Å². The van der Waals surface area contributed by atoms with Crippen molar-refractivity contribution in [1.82, 2.24) is 0 Å². The Morgan fingerprint density at radius 2 is 1.51 bits per heavy atom. The lowest BCUT2D eigenvalue weighted by Gasteiger charge is -2.44. The molecular formula is C28H31F3N2O11S. The van der Waals surface area contributed by atoms with Crippen molar-refractivity contribution in [2.24, 2.45) is 5.11 Å². The maximum Gasteiger partial charge on any atom is 0.416 e. The van der Waals surface area contributed by atoms with Crippen molar-refractivity contribution in [3.8, 4) is 0 Å². The highest BCUT2D eigenvalue weighted by Gasteiger charge is 2.54. The molecule has 1 N–H and O–H groups in total. The predicted molar refractivity (Wildman–Crippen MR) is 146 cm³/mol. The van der Waals surface area contributed by atoms with E-state index in [1.807, 2.05) is 6.26 Å². The Morgan fingerprint density at radius 1 is 0.933 bits per heavy atom. The number of allylic oxidation sites excluding steroid dienone is 1. The lowest BCUT2D eigenvalue weighted by atomic mass is 9.95. The number of nitrogens with zero attached hydrogens (tertiary/aromatic N) is 1. The third-order valence-electron chi connectivity index (χ3n) is 6.35. The quantitative estimate of drug-likeness (QED) is 0.156. The molecule has 1 saturated heterocycles. The zero-order valence-electron chi connectivity index (χ0n) is 24.8. The summed E-state index contributed by atoms with van der Waals surface area (Å²) in [7, 11) is 0. The highest BCUT2D eigenvalue weighted by molar-refractivity contribution is 7.98. The molecule has 0 spiro atoms. The number of ether oxygens (including phenoxy) is 7. The SMILES string of the molecule is CSc1ccc(CC2=C(C(F)(F)F)COC(N=N)=C2O[C@@H]2O[C@H](COC(C)=O)[C@@H](OC(C)=O)[C@H](OC(C)=O)[C@H]2OC(C)=O)cc1. The third kappa shape index (κ3) is 9.43. The Kier molecular flexibility index (Phi) is 12.0. The Morgan fingerprint density at radius 3 is 2.02 bits per heavy atom. The second kappa shape index (κ2) is 15.2. The van der Waals surface area contributed by atoms with Crippen LogP contribution in [0.25, 0.3) is 0 Å². The van der Waals surface area contributed by atoms with E-state index in [9.17, 15) is 32.3 Å². The van der Waals surface area contributed by atoms with Gasteiger partial charge in [-0.3, -0.25) is 19.2 Å². The molecule has 0 bridgehead atoms. The molecule has 17 heteroatoms. The number of thioether (sulfide) groups is 1. The van der Waals surface area contributed by atoms with Crippen molar-refractivity contribution in [2.45, 2.75) is 75.9 Å². The first-order chi connectivity index (χ1) is 21.1. The number of rotatable bonds is 11. The van der Waals surface area contributed by atoms with Crippen molar-refractivity contribution in [2.75, 3.05) is 19.5 Å². The van der Waals surface area contributed by atoms with Crippen molar-refractivity contribution in [1.29, 1.82) is 5.53 Å². The van der Waals surface area contributed by atoms with Gasteiger partial charge >= 0.3 is 30.1 Å². The van der Waals surface area contributed by atoms with Crippen molar-refractivity contribution >= 4 is 35.6 Å². The summed E-state index contributed by atoms with van der Waals surface area (Å²) in [6.07, 6.45) is -11.7. The summed E-state index contributed by atoms with van der Waals surface area (Å²) in [5.74, 6) is -4.83. The van der Waals surface area contributed by atoms with Crippen LogP contribution in [0.2, 0.25) is 0 Å². The van der Waals surface area contributed by atoms with Gasteiger partial charge in [0.1, 0.15) is 19.3 Å². The molecule has 3 rings (SSSR count). The van der Waals surface area contributed by atoms with E-state index in [4.69, 9.17) is 38.7 Å². The molecule has 13 nitrogen and oxygen atoms in total. The molecule has 0 unspecified atom stereocenters. The van der Waals surface area contributed by atoms with Gasteiger partial charge < -0.3 is 33.2 Å². The van der Waals surface area contributed by atoms with Crippen LogP contribution in [0, 0.1) is 5.53 Å². The van der Waals surface area contributed by atoms with Crippen LogP contribution in [0.1, 0.15) is 33.3 Å². The second-order valence-corrected chi connectivity index (χ2v) is 10.6. The molecule has 0 aromatic heterocycles. The smallest absolute Gasteiger partial charge is 0.416 e. The van der Waals surface area contributed by atoms with Gasteiger partial charge in [-0.1, -0.05) is 12.1 Å². The molecule has 0 aliphatic carbocycles. The van der Waals surface area contributed by atoms with Gasteiger partial charge in [-0.2, -0.15) is 13.2 Å². The van der Waals surface area contributed by atoms with Gasteiger partial charge in [0.25, 0.3) is 5.88 Å². The monoisotopic (exact) mass is 660 g/mol. The van der Waals surface area contributed by atoms with Gasteiger partial charge in [-0.25, -0.2) is 5.53 Å². The van der Waals surface area contributed by atoms with Crippen LogP contribution in [0.4, 0.5) is 13.2 Å². The first kappa shape index (κ1) is 35.4. The van der Waals surface area contributed by atoms with Crippen LogP contribution in [0.3, 0.4) is 0 Å². The van der Waals surface area contributed by atoms with Crippen molar-refractivity contribution in [3.63, 3.8) is 0 Å². The number of halogens is 3. The zero-order chi connectivity index (χ0) is 33.5. The van der Waals surface area contributed by atoms with Crippen molar-refractivity contribution in [3.05, 3.63) is 52.6 Å². The zero-order valence-corrected chi connectivity index (χ0v) is 25.6. The average Bonchev–Trinajstić information content (AvgIpc) is 2.94. The summed E-state index contributed by atoms with van der Waals surface area (Å²) < 4.78 is 80.9. The third-order valence-corrected chi connectivity index (χ3v) is 7.10. The van der Waals surface area contributed by atoms with Crippen LogP contribution in [0.15, 0.2) is 57.1 Å². The fraction of sp³-hybridized carbons (Fsp3) is 0.500. The molecule has 0 saturated carbocycles. The Bertz CT molecular complexity index is 1360. The van der Waals surface area contributed by atoms with Crippen molar-refractivity contribution < 1.29 is 65.5 Å². The number of hydrogen-bond donors (Lipinski definition) is 1. The fourth-order valence-electron chi connectivity index (χ4n) is 4.55. The summed E-state index contributed by atoms with van der Waals surface area (Å²) in [5.41, 5.74) is 6.45. The first-order valence-corrected chi connectivity index (χ1v) is 14.5. The number of nitrogens with one attached hydrogen (secondary N) is 1. The lowest BCUT2D eigenvalue weighted by molar-refractivity contribution is -0.300. The summed E-state index contributed by atoms with van der Waals surface area (Å²) >= 11 is 1.43. The highest BCUT2D eigenvalue weighted by Crippen LogP contribution is 2.40. The average molecular weight is 661 g/mol. The Hall–Kier alpha value is -4.12. The molecule has 45 heavy (non-hydrogen) atoms. The first-order valence-electron chi connectivity index (χ1n) is 13.3.